The minimum atomic E-state index is -0.466. The number of anilines is 1. The van der Waals surface area contributed by atoms with Gasteiger partial charge in [0.25, 0.3) is 0 Å². The number of nitrogens with zero attached hydrogens (tertiary/aromatic N) is 3. The van der Waals surface area contributed by atoms with E-state index in [1.54, 1.807) is 11.8 Å². The van der Waals surface area contributed by atoms with Crippen molar-refractivity contribution in [2.45, 2.75) is 52.6 Å². The third-order valence-electron chi connectivity index (χ3n) is 5.13. The number of carbonyl (C=O) groups is 2. The molecule has 6 heteroatoms. The molecule has 1 aromatic rings. The van der Waals surface area contributed by atoms with E-state index in [9.17, 15) is 9.59 Å². The molecule has 3 rings (SSSR count). The van der Waals surface area contributed by atoms with Gasteiger partial charge >= 0.3 is 6.09 Å². The number of Topliss-reactive ketones (excluding diaryl/α,β-unsaturated/α-hetero) is 1. The van der Waals surface area contributed by atoms with Gasteiger partial charge < -0.3 is 14.5 Å². The highest BCUT2D eigenvalue weighted by atomic mass is 16.6. The van der Waals surface area contributed by atoms with Crippen molar-refractivity contribution in [3.63, 3.8) is 0 Å². The van der Waals surface area contributed by atoms with E-state index < -0.39 is 5.60 Å². The first kappa shape index (κ1) is 18.7. The third-order valence-corrected chi connectivity index (χ3v) is 5.13. The number of ketones is 1. The van der Waals surface area contributed by atoms with Gasteiger partial charge in [-0.3, -0.25) is 4.79 Å². The van der Waals surface area contributed by atoms with E-state index in [0.29, 0.717) is 13.1 Å². The fourth-order valence-electron chi connectivity index (χ4n) is 3.59. The van der Waals surface area contributed by atoms with Crippen LogP contribution >= 0.6 is 0 Å². The third kappa shape index (κ3) is 4.34. The summed E-state index contributed by atoms with van der Waals surface area (Å²) in [5.41, 5.74) is 2.04. The molecule has 1 unspecified atom stereocenters. The lowest BCUT2D eigenvalue weighted by Gasteiger charge is -2.36. The van der Waals surface area contributed by atoms with E-state index in [0.717, 1.165) is 38.2 Å². The highest BCUT2D eigenvalue weighted by molar-refractivity contribution is 5.79. The first-order valence-corrected chi connectivity index (χ1v) is 9.44. The number of piperazine rings is 1. The van der Waals surface area contributed by atoms with Gasteiger partial charge in [0.15, 0.2) is 0 Å². The Balaban J connectivity index is 1.60. The van der Waals surface area contributed by atoms with Crippen LogP contribution in [-0.4, -0.2) is 53.5 Å². The van der Waals surface area contributed by atoms with Gasteiger partial charge in [0.1, 0.15) is 17.2 Å². The van der Waals surface area contributed by atoms with Crippen LogP contribution in [0.4, 0.5) is 10.6 Å². The molecule has 0 aromatic carbocycles. The lowest BCUT2D eigenvalue weighted by Crippen LogP contribution is -2.50. The molecule has 0 N–H and O–H groups in total. The van der Waals surface area contributed by atoms with E-state index in [-0.39, 0.29) is 17.8 Å². The molecule has 1 aromatic heterocycles. The predicted molar refractivity (Wildman–Crippen MR) is 100 cm³/mol. The summed E-state index contributed by atoms with van der Waals surface area (Å²) in [6.07, 6.45) is 4.36. The summed E-state index contributed by atoms with van der Waals surface area (Å²) < 4.78 is 5.45. The van der Waals surface area contributed by atoms with Gasteiger partial charge in [0, 0.05) is 38.3 Å². The molecule has 1 atom stereocenters. The highest BCUT2D eigenvalue weighted by Crippen LogP contribution is 2.28. The summed E-state index contributed by atoms with van der Waals surface area (Å²) in [5.74, 6) is 1.39. The fourth-order valence-corrected chi connectivity index (χ4v) is 3.59. The number of carbonyl (C=O) groups excluding carboxylic acids is 2. The predicted octanol–water partition coefficient (Wildman–Crippen LogP) is 2.83. The molecular weight excluding hydrogens is 330 g/mol. The second kappa shape index (κ2) is 7.25. The van der Waals surface area contributed by atoms with Crippen molar-refractivity contribution in [3.8, 4) is 0 Å². The number of pyridine rings is 1. The van der Waals surface area contributed by atoms with E-state index in [4.69, 9.17) is 4.74 Å². The second-order valence-electron chi connectivity index (χ2n) is 8.32. The maximum Gasteiger partial charge on any atom is 0.410 e. The standard InChI is InChI=1S/C20H29N3O3/c1-14(24)15-5-6-16-12-18(21-13-17(16)11-15)22-7-9-23(10-8-22)19(25)26-20(2,3)4/h12-13,15H,5-11H2,1-4H3. The van der Waals surface area contributed by atoms with E-state index in [1.807, 2.05) is 27.0 Å². The van der Waals surface area contributed by atoms with Crippen molar-refractivity contribution < 1.29 is 14.3 Å². The van der Waals surface area contributed by atoms with Gasteiger partial charge in [-0.2, -0.15) is 0 Å². The molecule has 0 saturated carbocycles. The monoisotopic (exact) mass is 359 g/mol. The number of aromatic nitrogens is 1. The Hall–Kier alpha value is -2.11. The summed E-state index contributed by atoms with van der Waals surface area (Å²) >= 11 is 0. The van der Waals surface area contributed by atoms with Crippen LogP contribution in [0.15, 0.2) is 12.3 Å². The van der Waals surface area contributed by atoms with Gasteiger partial charge in [0.05, 0.1) is 0 Å². The molecule has 2 heterocycles. The molecule has 1 saturated heterocycles. The van der Waals surface area contributed by atoms with Crippen molar-refractivity contribution in [2.75, 3.05) is 31.1 Å². The Bertz CT molecular complexity index is 688. The number of hydrogen-bond acceptors (Lipinski definition) is 5. The molecule has 1 aliphatic heterocycles. The normalized spacial score (nSPS) is 20.5. The molecule has 142 valence electrons. The Morgan fingerprint density at radius 2 is 1.85 bits per heavy atom. The summed E-state index contributed by atoms with van der Waals surface area (Å²) in [6, 6.07) is 2.16. The Morgan fingerprint density at radius 3 is 2.46 bits per heavy atom. The number of aryl methyl sites for hydroxylation is 1. The first-order valence-electron chi connectivity index (χ1n) is 9.44. The number of ether oxygens (including phenoxy) is 1. The molecule has 0 radical (unpaired) electrons. The van der Waals surface area contributed by atoms with Crippen molar-refractivity contribution in [2.24, 2.45) is 5.92 Å². The first-order chi connectivity index (χ1) is 12.2. The smallest absolute Gasteiger partial charge is 0.410 e. The van der Waals surface area contributed by atoms with Crippen molar-refractivity contribution in [1.29, 1.82) is 0 Å². The number of amides is 1. The maximum atomic E-state index is 12.2. The summed E-state index contributed by atoms with van der Waals surface area (Å²) in [5, 5.41) is 0. The largest absolute Gasteiger partial charge is 0.444 e. The Kier molecular flexibility index (Phi) is 5.21. The van der Waals surface area contributed by atoms with Gasteiger partial charge in [-0.25, -0.2) is 9.78 Å². The number of hydrogen-bond donors (Lipinski definition) is 0. The van der Waals surface area contributed by atoms with Gasteiger partial charge in [-0.15, -0.1) is 0 Å². The Labute approximate surface area is 155 Å². The van der Waals surface area contributed by atoms with Gasteiger partial charge in [-0.05, 0) is 64.2 Å². The van der Waals surface area contributed by atoms with Crippen LogP contribution in [0.2, 0.25) is 0 Å². The van der Waals surface area contributed by atoms with Crippen LogP contribution < -0.4 is 4.90 Å². The molecular formula is C20H29N3O3. The zero-order chi connectivity index (χ0) is 18.9. The van der Waals surface area contributed by atoms with Gasteiger partial charge in [-0.1, -0.05) is 0 Å². The summed E-state index contributed by atoms with van der Waals surface area (Å²) in [6.45, 7) is 10.1. The average molecular weight is 359 g/mol. The van der Waals surface area contributed by atoms with Crippen LogP contribution in [0.1, 0.15) is 45.2 Å². The number of rotatable bonds is 2. The molecule has 0 spiro atoms. The van der Waals surface area contributed by atoms with Crippen LogP contribution in [-0.2, 0) is 22.4 Å². The molecule has 1 fully saturated rings. The minimum Gasteiger partial charge on any atom is -0.444 e. The lowest BCUT2D eigenvalue weighted by atomic mass is 9.83. The SMILES string of the molecule is CC(=O)C1CCc2cc(N3CCN(C(=O)OC(C)(C)C)CC3)ncc2C1. The van der Waals surface area contributed by atoms with Crippen molar-refractivity contribution in [1.82, 2.24) is 9.88 Å². The quantitative estimate of drug-likeness (QED) is 0.812. The van der Waals surface area contributed by atoms with Crippen LogP contribution in [0.5, 0.6) is 0 Å². The molecule has 6 nitrogen and oxygen atoms in total. The average Bonchev–Trinajstić information content (AvgIpc) is 2.59. The minimum absolute atomic E-state index is 0.146. The molecule has 2 aliphatic rings. The van der Waals surface area contributed by atoms with Gasteiger partial charge in [0.2, 0.25) is 0 Å². The van der Waals surface area contributed by atoms with Crippen molar-refractivity contribution in [3.05, 3.63) is 23.4 Å². The summed E-state index contributed by atoms with van der Waals surface area (Å²) in [7, 11) is 0. The van der Waals surface area contributed by atoms with E-state index >= 15 is 0 Å². The van der Waals surface area contributed by atoms with Crippen LogP contribution in [0.25, 0.3) is 0 Å². The van der Waals surface area contributed by atoms with Crippen LogP contribution in [0.3, 0.4) is 0 Å². The number of fused-ring (bicyclic) bond motifs is 1. The zero-order valence-corrected chi connectivity index (χ0v) is 16.2. The molecule has 1 aliphatic carbocycles. The second-order valence-corrected chi connectivity index (χ2v) is 8.32. The van der Waals surface area contributed by atoms with Crippen LogP contribution in [0, 0.1) is 5.92 Å². The topological polar surface area (TPSA) is 62.7 Å². The Morgan fingerprint density at radius 1 is 1.15 bits per heavy atom. The molecule has 26 heavy (non-hydrogen) atoms. The fraction of sp³-hybridized carbons (Fsp3) is 0.650. The maximum absolute atomic E-state index is 12.2. The summed E-state index contributed by atoms with van der Waals surface area (Å²) in [4.78, 5) is 32.4. The van der Waals surface area contributed by atoms with E-state index in [2.05, 4.69) is 16.0 Å². The zero-order valence-electron chi connectivity index (χ0n) is 16.2. The molecule has 0 bridgehead atoms. The molecule has 1 amide bonds. The lowest BCUT2D eigenvalue weighted by molar-refractivity contribution is -0.121. The highest BCUT2D eigenvalue weighted by Gasteiger charge is 2.27. The van der Waals surface area contributed by atoms with Crippen molar-refractivity contribution >= 4 is 17.7 Å². The van der Waals surface area contributed by atoms with E-state index in [1.165, 1.54) is 11.1 Å².